The van der Waals surface area contributed by atoms with Gasteiger partial charge in [0.05, 0.1) is 13.3 Å². The molecule has 7 nitrogen and oxygen atoms in total. The molecule has 0 aliphatic heterocycles. The smallest absolute Gasteiger partial charge is 0.407 e. The molecule has 0 spiro atoms. The highest BCUT2D eigenvalue weighted by atomic mass is 32.1. The van der Waals surface area contributed by atoms with E-state index in [2.05, 4.69) is 20.4 Å². The molecule has 1 atom stereocenters. The standard InChI is InChI=1S/C14H23N3O4S/c1-9(17-13(19)21-14(2,3)4)6-7-15-12-16-8-10(22-12)11(18)20-5/h8-9H,6-7H2,1-5H3,(H,15,16)(H,17,19)/t9-/m0/s1. The van der Waals surface area contributed by atoms with Gasteiger partial charge in [0.2, 0.25) is 0 Å². The molecule has 1 rings (SSSR count). The molecule has 1 heterocycles. The molecule has 1 amide bonds. The van der Waals surface area contributed by atoms with Crippen molar-refractivity contribution in [3.63, 3.8) is 0 Å². The first kappa shape index (κ1) is 18.2. The van der Waals surface area contributed by atoms with Gasteiger partial charge in [-0.15, -0.1) is 0 Å². The summed E-state index contributed by atoms with van der Waals surface area (Å²) in [5.74, 6) is -0.398. The summed E-state index contributed by atoms with van der Waals surface area (Å²) in [5.41, 5.74) is -0.507. The predicted octanol–water partition coefficient (Wildman–Crippen LogP) is 2.64. The van der Waals surface area contributed by atoms with Crippen molar-refractivity contribution in [3.05, 3.63) is 11.1 Å². The molecular weight excluding hydrogens is 306 g/mol. The number of aromatic nitrogens is 1. The van der Waals surface area contributed by atoms with Crippen molar-refractivity contribution in [2.24, 2.45) is 0 Å². The minimum atomic E-state index is -0.507. The Hall–Kier alpha value is -1.83. The van der Waals surface area contributed by atoms with Crippen LogP contribution in [0.5, 0.6) is 0 Å². The first-order chi connectivity index (χ1) is 10.2. The van der Waals surface area contributed by atoms with Crippen LogP contribution in [0.3, 0.4) is 0 Å². The van der Waals surface area contributed by atoms with Crippen LogP contribution in [0.2, 0.25) is 0 Å². The maximum atomic E-state index is 11.6. The second-order valence-corrected chi connectivity index (χ2v) is 6.81. The summed E-state index contributed by atoms with van der Waals surface area (Å²) >= 11 is 1.23. The van der Waals surface area contributed by atoms with Crippen LogP contribution < -0.4 is 10.6 Å². The van der Waals surface area contributed by atoms with Crippen LogP contribution in [0.4, 0.5) is 9.93 Å². The summed E-state index contributed by atoms with van der Waals surface area (Å²) in [6.07, 6.45) is 1.75. The number of methoxy groups -OCH3 is 1. The Balaban J connectivity index is 2.30. The number of amides is 1. The Bertz CT molecular complexity index is 510. The highest BCUT2D eigenvalue weighted by Crippen LogP contribution is 2.18. The third-order valence-electron chi connectivity index (χ3n) is 2.51. The fourth-order valence-electron chi connectivity index (χ4n) is 1.53. The van der Waals surface area contributed by atoms with E-state index >= 15 is 0 Å². The van der Waals surface area contributed by atoms with Gasteiger partial charge in [0.25, 0.3) is 0 Å². The number of esters is 1. The van der Waals surface area contributed by atoms with Gasteiger partial charge in [0.1, 0.15) is 10.5 Å². The molecule has 0 fully saturated rings. The normalized spacial score (nSPS) is 12.4. The number of rotatable bonds is 6. The molecular formula is C14H23N3O4S. The van der Waals surface area contributed by atoms with Gasteiger partial charge in [0, 0.05) is 12.6 Å². The number of ether oxygens (including phenoxy) is 2. The lowest BCUT2D eigenvalue weighted by Crippen LogP contribution is -2.38. The highest BCUT2D eigenvalue weighted by Gasteiger charge is 2.17. The molecule has 0 saturated heterocycles. The largest absolute Gasteiger partial charge is 0.465 e. The van der Waals surface area contributed by atoms with Crippen molar-refractivity contribution in [1.82, 2.24) is 10.3 Å². The molecule has 0 aromatic carbocycles. The Morgan fingerprint density at radius 1 is 1.41 bits per heavy atom. The zero-order valence-electron chi connectivity index (χ0n) is 13.6. The molecule has 0 aliphatic rings. The Morgan fingerprint density at radius 2 is 2.09 bits per heavy atom. The molecule has 2 N–H and O–H groups in total. The van der Waals surface area contributed by atoms with E-state index in [1.54, 1.807) is 0 Å². The lowest BCUT2D eigenvalue weighted by atomic mass is 10.2. The molecule has 0 bridgehead atoms. The summed E-state index contributed by atoms with van der Waals surface area (Å²) in [4.78, 5) is 27.4. The lowest BCUT2D eigenvalue weighted by molar-refractivity contribution is 0.0506. The Morgan fingerprint density at radius 3 is 2.68 bits per heavy atom. The maximum absolute atomic E-state index is 11.6. The predicted molar refractivity (Wildman–Crippen MR) is 85.4 cm³/mol. The van der Waals surface area contributed by atoms with Crippen LogP contribution in [-0.2, 0) is 9.47 Å². The third-order valence-corrected chi connectivity index (χ3v) is 3.44. The summed E-state index contributed by atoms with van der Waals surface area (Å²) in [5, 5.41) is 6.51. The zero-order chi connectivity index (χ0) is 16.8. The summed E-state index contributed by atoms with van der Waals surface area (Å²) in [6, 6.07) is -0.0395. The van der Waals surface area contributed by atoms with Crippen molar-refractivity contribution in [3.8, 4) is 0 Å². The van der Waals surface area contributed by atoms with Crippen molar-refractivity contribution in [1.29, 1.82) is 0 Å². The monoisotopic (exact) mass is 329 g/mol. The number of hydrogen-bond donors (Lipinski definition) is 2. The van der Waals surface area contributed by atoms with Gasteiger partial charge < -0.3 is 20.1 Å². The quantitative estimate of drug-likeness (QED) is 0.780. The molecule has 0 aliphatic carbocycles. The van der Waals surface area contributed by atoms with Crippen molar-refractivity contribution in [2.75, 3.05) is 19.0 Å². The number of nitrogens with one attached hydrogen (secondary N) is 2. The summed E-state index contributed by atoms with van der Waals surface area (Å²) in [7, 11) is 1.33. The van der Waals surface area contributed by atoms with Crippen LogP contribution in [0, 0.1) is 0 Å². The van der Waals surface area contributed by atoms with E-state index in [0.29, 0.717) is 23.0 Å². The number of carbonyl (C=O) groups excluding carboxylic acids is 2. The second kappa shape index (κ2) is 7.98. The van der Waals surface area contributed by atoms with E-state index in [-0.39, 0.29) is 6.04 Å². The Labute approximate surface area is 134 Å². The lowest BCUT2D eigenvalue weighted by Gasteiger charge is -2.22. The van der Waals surface area contributed by atoms with Gasteiger partial charge in [-0.25, -0.2) is 14.6 Å². The molecule has 0 unspecified atom stereocenters. The van der Waals surface area contributed by atoms with Gasteiger partial charge in [-0.3, -0.25) is 0 Å². The Kier molecular flexibility index (Phi) is 6.61. The van der Waals surface area contributed by atoms with Crippen molar-refractivity contribution < 1.29 is 19.1 Å². The van der Waals surface area contributed by atoms with Crippen LogP contribution >= 0.6 is 11.3 Å². The molecule has 0 radical (unpaired) electrons. The van der Waals surface area contributed by atoms with E-state index in [4.69, 9.17) is 4.74 Å². The molecule has 124 valence electrons. The number of carbonyl (C=O) groups is 2. The fourth-order valence-corrected chi connectivity index (χ4v) is 2.29. The van der Waals surface area contributed by atoms with Gasteiger partial charge in [-0.1, -0.05) is 11.3 Å². The van der Waals surface area contributed by atoms with E-state index in [1.807, 2.05) is 27.7 Å². The highest BCUT2D eigenvalue weighted by molar-refractivity contribution is 7.17. The molecule has 22 heavy (non-hydrogen) atoms. The number of hydrogen-bond acceptors (Lipinski definition) is 7. The average molecular weight is 329 g/mol. The number of alkyl carbamates (subject to hydrolysis) is 1. The van der Waals surface area contributed by atoms with Crippen molar-refractivity contribution in [2.45, 2.75) is 45.8 Å². The summed E-state index contributed by atoms with van der Waals surface area (Å²) < 4.78 is 9.80. The minimum absolute atomic E-state index is 0.0395. The first-order valence-corrected chi connectivity index (χ1v) is 7.80. The molecule has 1 aromatic heterocycles. The maximum Gasteiger partial charge on any atom is 0.407 e. The topological polar surface area (TPSA) is 89.5 Å². The van der Waals surface area contributed by atoms with Crippen molar-refractivity contribution >= 4 is 28.5 Å². The SMILES string of the molecule is COC(=O)c1cnc(NCC[C@H](C)NC(=O)OC(C)(C)C)s1. The van der Waals surface area contributed by atoms with Crippen LogP contribution in [0.15, 0.2) is 6.20 Å². The number of nitrogens with zero attached hydrogens (tertiary/aromatic N) is 1. The minimum Gasteiger partial charge on any atom is -0.465 e. The molecule has 1 aromatic rings. The van der Waals surface area contributed by atoms with Crippen LogP contribution in [-0.4, -0.2) is 42.3 Å². The van der Waals surface area contributed by atoms with Gasteiger partial charge >= 0.3 is 12.1 Å². The first-order valence-electron chi connectivity index (χ1n) is 6.99. The summed E-state index contributed by atoms with van der Waals surface area (Å²) in [6.45, 7) is 7.97. The number of anilines is 1. The van der Waals surface area contributed by atoms with Crippen LogP contribution in [0.1, 0.15) is 43.8 Å². The van der Waals surface area contributed by atoms with E-state index in [9.17, 15) is 9.59 Å². The average Bonchev–Trinajstić information content (AvgIpc) is 2.84. The fraction of sp³-hybridized carbons (Fsp3) is 0.643. The van der Waals surface area contributed by atoms with Gasteiger partial charge in [-0.05, 0) is 34.1 Å². The zero-order valence-corrected chi connectivity index (χ0v) is 14.4. The van der Waals surface area contributed by atoms with E-state index < -0.39 is 17.7 Å². The van der Waals surface area contributed by atoms with Crippen LogP contribution in [0.25, 0.3) is 0 Å². The third kappa shape index (κ3) is 6.75. The van der Waals surface area contributed by atoms with E-state index in [0.717, 1.165) is 0 Å². The second-order valence-electron chi connectivity index (χ2n) is 5.78. The molecule has 8 heteroatoms. The van der Waals surface area contributed by atoms with Gasteiger partial charge in [0.15, 0.2) is 5.13 Å². The number of thiazole rings is 1. The van der Waals surface area contributed by atoms with E-state index in [1.165, 1.54) is 24.6 Å². The molecule has 0 saturated carbocycles. The van der Waals surface area contributed by atoms with Gasteiger partial charge in [-0.2, -0.15) is 0 Å².